The second kappa shape index (κ2) is 12.6. The predicted octanol–water partition coefficient (Wildman–Crippen LogP) is 3.39. The topological polar surface area (TPSA) is 137 Å². The van der Waals surface area contributed by atoms with Crippen LogP contribution < -0.4 is 4.74 Å². The van der Waals surface area contributed by atoms with Crippen LogP contribution in [0.3, 0.4) is 0 Å². The van der Waals surface area contributed by atoms with Crippen LogP contribution in [0.4, 0.5) is 26.3 Å². The second-order valence-electron chi connectivity index (χ2n) is 9.33. The molecule has 17 heteroatoms. The molecular formula is C24H25F6N3O7S. The predicted molar refractivity (Wildman–Crippen MR) is 128 cm³/mol. The molecule has 0 radical (unpaired) electrons. The molecule has 1 aliphatic carbocycles. The fraction of sp³-hybridized carbons (Fsp3) is 0.458. The Balaban J connectivity index is 0.000000276. The van der Waals surface area contributed by atoms with E-state index in [4.69, 9.17) is 24.5 Å². The summed E-state index contributed by atoms with van der Waals surface area (Å²) in [7, 11) is -3.69. The van der Waals surface area contributed by atoms with Gasteiger partial charge < -0.3 is 14.9 Å². The first-order valence-corrected chi connectivity index (χ1v) is 13.4. The van der Waals surface area contributed by atoms with Crippen LogP contribution >= 0.6 is 0 Å². The summed E-state index contributed by atoms with van der Waals surface area (Å²) in [5, 5.41) is 14.2. The molecule has 0 amide bonds. The number of fused-ring (bicyclic) bond motifs is 2. The van der Waals surface area contributed by atoms with E-state index < -0.39 is 34.3 Å². The maximum absolute atomic E-state index is 13.5. The first-order valence-electron chi connectivity index (χ1n) is 12.0. The van der Waals surface area contributed by atoms with Gasteiger partial charge >= 0.3 is 24.3 Å². The van der Waals surface area contributed by atoms with E-state index in [0.29, 0.717) is 13.1 Å². The minimum atomic E-state index is -5.08. The minimum absolute atomic E-state index is 0.170. The van der Waals surface area contributed by atoms with Crippen molar-refractivity contribution in [2.75, 3.05) is 19.6 Å². The lowest BCUT2D eigenvalue weighted by molar-refractivity contribution is -0.193. The third kappa shape index (κ3) is 8.77. The number of likely N-dealkylation sites (tertiary alicyclic amines) is 1. The van der Waals surface area contributed by atoms with Crippen LogP contribution in [0.1, 0.15) is 18.4 Å². The van der Waals surface area contributed by atoms with Gasteiger partial charge in [-0.3, -0.25) is 4.90 Å². The summed E-state index contributed by atoms with van der Waals surface area (Å²) in [5.41, 5.74) is 0.979. The highest BCUT2D eigenvalue weighted by atomic mass is 32.2. The van der Waals surface area contributed by atoms with Crippen LogP contribution in [0.2, 0.25) is 0 Å². The normalized spacial score (nSPS) is 21.9. The Morgan fingerprint density at radius 1 is 0.927 bits per heavy atom. The van der Waals surface area contributed by atoms with Gasteiger partial charge in [0, 0.05) is 32.4 Å². The van der Waals surface area contributed by atoms with E-state index in [1.54, 1.807) is 22.6 Å². The highest BCUT2D eigenvalue weighted by Crippen LogP contribution is 2.37. The van der Waals surface area contributed by atoms with E-state index in [9.17, 15) is 34.8 Å². The molecular weight excluding hydrogens is 588 g/mol. The number of benzene rings is 1. The summed E-state index contributed by atoms with van der Waals surface area (Å²) in [5.74, 6) is -4.52. The molecule has 10 nitrogen and oxygen atoms in total. The number of pyridine rings is 1. The number of sulfonamides is 1. The molecule has 1 aromatic heterocycles. The van der Waals surface area contributed by atoms with Gasteiger partial charge in [0.05, 0.1) is 6.04 Å². The molecule has 3 heterocycles. The van der Waals surface area contributed by atoms with Crippen molar-refractivity contribution in [1.29, 1.82) is 0 Å². The minimum Gasteiger partial charge on any atom is -0.475 e. The molecule has 2 aliphatic heterocycles. The third-order valence-corrected chi connectivity index (χ3v) is 8.03. The Hall–Kier alpha value is -3.44. The molecule has 5 rings (SSSR count). The van der Waals surface area contributed by atoms with Gasteiger partial charge in [0.2, 0.25) is 15.9 Å². The number of carboxylic acids is 2. The zero-order valence-corrected chi connectivity index (χ0v) is 21.9. The lowest BCUT2D eigenvalue weighted by atomic mass is 10.1. The van der Waals surface area contributed by atoms with Gasteiger partial charge in [-0.05, 0) is 36.5 Å². The average Bonchev–Trinajstić information content (AvgIpc) is 3.62. The first-order chi connectivity index (χ1) is 19.0. The van der Waals surface area contributed by atoms with Gasteiger partial charge in [-0.25, -0.2) is 23.0 Å². The number of hydrogen-bond acceptors (Lipinski definition) is 7. The van der Waals surface area contributed by atoms with Gasteiger partial charge in [0.25, 0.3) is 0 Å². The SMILES string of the molecule is O=C(O)C(F)(F)F.O=C(O)C(F)(F)F.O=S1(=O)c2cccnc2OC2CN(CC3CC3)CC2N1Cc1ccccc1. The monoisotopic (exact) mass is 613 g/mol. The molecule has 2 N–H and O–H groups in total. The summed E-state index contributed by atoms with van der Waals surface area (Å²) in [6.45, 7) is 2.84. The lowest BCUT2D eigenvalue weighted by Gasteiger charge is -2.28. The van der Waals surface area contributed by atoms with Gasteiger partial charge in [0.1, 0.15) is 11.0 Å². The van der Waals surface area contributed by atoms with Crippen molar-refractivity contribution in [1.82, 2.24) is 14.2 Å². The van der Waals surface area contributed by atoms with E-state index in [2.05, 4.69) is 9.88 Å². The largest absolute Gasteiger partial charge is 0.490 e. The lowest BCUT2D eigenvalue weighted by Crippen LogP contribution is -2.46. The molecule has 226 valence electrons. The van der Waals surface area contributed by atoms with Crippen molar-refractivity contribution in [2.45, 2.75) is 48.8 Å². The number of hydrogen-bond donors (Lipinski definition) is 2. The zero-order valence-electron chi connectivity index (χ0n) is 21.0. The fourth-order valence-corrected chi connectivity index (χ4v) is 5.82. The number of rotatable bonds is 4. The molecule has 0 bridgehead atoms. The average molecular weight is 614 g/mol. The fourth-order valence-electron chi connectivity index (χ4n) is 4.11. The number of aliphatic carboxylic acids is 2. The van der Waals surface area contributed by atoms with Crippen LogP contribution in [0.5, 0.6) is 5.88 Å². The Labute approximate surface area is 230 Å². The Morgan fingerprint density at radius 2 is 1.49 bits per heavy atom. The van der Waals surface area contributed by atoms with E-state index in [1.165, 1.54) is 12.8 Å². The van der Waals surface area contributed by atoms with Gasteiger partial charge in [-0.2, -0.15) is 30.6 Å². The summed E-state index contributed by atoms with van der Waals surface area (Å²) in [4.78, 5) is 24.5. The summed E-state index contributed by atoms with van der Waals surface area (Å²) in [6.07, 6.45) is -6.21. The standard InChI is InChI=1S/C20H23N3O3S.2C2HF3O2/c24-27(25)19-7-4-10-21-20(19)26-18-14-22(11-16-8-9-16)13-17(18)23(27)12-15-5-2-1-3-6-15;2*3-2(4,5)1(6)7/h1-7,10,16-18H,8-9,11-14H2;2*(H,6,7). The molecule has 0 spiro atoms. The van der Waals surface area contributed by atoms with E-state index >= 15 is 0 Å². The molecule has 41 heavy (non-hydrogen) atoms. The van der Waals surface area contributed by atoms with Gasteiger partial charge in [0.15, 0.2) is 0 Å². The maximum atomic E-state index is 13.5. The van der Waals surface area contributed by atoms with Crippen molar-refractivity contribution >= 4 is 22.0 Å². The van der Waals surface area contributed by atoms with Gasteiger partial charge in [-0.1, -0.05) is 30.3 Å². The van der Waals surface area contributed by atoms with Crippen LogP contribution in [-0.2, 0) is 26.2 Å². The molecule has 2 aromatic rings. The smallest absolute Gasteiger partial charge is 0.475 e. The molecule has 1 saturated carbocycles. The number of aromatic nitrogens is 1. The number of carbonyl (C=O) groups is 2. The summed E-state index contributed by atoms with van der Waals surface area (Å²) >= 11 is 0. The summed E-state index contributed by atoms with van der Waals surface area (Å²) in [6, 6.07) is 12.8. The zero-order chi connectivity index (χ0) is 30.6. The Kier molecular flexibility index (Phi) is 9.86. The van der Waals surface area contributed by atoms with Crippen molar-refractivity contribution in [2.24, 2.45) is 5.92 Å². The number of alkyl halides is 6. The number of halogens is 6. The van der Waals surface area contributed by atoms with Crippen molar-refractivity contribution in [3.63, 3.8) is 0 Å². The molecule has 2 unspecified atom stereocenters. The third-order valence-electron chi connectivity index (χ3n) is 6.15. The first kappa shape index (κ1) is 32.1. The molecule has 1 aromatic carbocycles. The number of ether oxygens (including phenoxy) is 1. The summed E-state index contributed by atoms with van der Waals surface area (Å²) < 4.78 is 98.2. The Bertz CT molecular complexity index is 1300. The van der Waals surface area contributed by atoms with Crippen LogP contribution in [0.25, 0.3) is 0 Å². The molecule has 2 atom stereocenters. The number of nitrogens with zero attached hydrogens (tertiary/aromatic N) is 3. The van der Waals surface area contributed by atoms with Crippen molar-refractivity contribution in [3.8, 4) is 5.88 Å². The Morgan fingerprint density at radius 3 is 2.00 bits per heavy atom. The van der Waals surface area contributed by atoms with Crippen molar-refractivity contribution in [3.05, 3.63) is 54.2 Å². The highest BCUT2D eigenvalue weighted by molar-refractivity contribution is 7.89. The van der Waals surface area contributed by atoms with Crippen LogP contribution in [0, 0.1) is 5.92 Å². The number of carboxylic acid groups (broad SMARTS) is 2. The van der Waals surface area contributed by atoms with E-state index in [0.717, 1.165) is 24.6 Å². The van der Waals surface area contributed by atoms with Gasteiger partial charge in [-0.15, -0.1) is 0 Å². The quantitative estimate of drug-likeness (QED) is 0.497. The second-order valence-corrected chi connectivity index (χ2v) is 11.2. The highest BCUT2D eigenvalue weighted by Gasteiger charge is 2.48. The molecule has 2 fully saturated rings. The van der Waals surface area contributed by atoms with Crippen LogP contribution in [0.15, 0.2) is 53.6 Å². The van der Waals surface area contributed by atoms with Crippen molar-refractivity contribution < 1.29 is 59.3 Å². The molecule has 3 aliphatic rings. The molecule has 1 saturated heterocycles. The van der Waals surface area contributed by atoms with E-state index in [-0.39, 0.29) is 22.9 Å². The van der Waals surface area contributed by atoms with Crippen LogP contribution in [-0.4, -0.2) is 88.9 Å². The maximum Gasteiger partial charge on any atom is 0.490 e. The van der Waals surface area contributed by atoms with E-state index in [1.807, 2.05) is 30.3 Å².